The van der Waals surface area contributed by atoms with E-state index in [4.69, 9.17) is 16.3 Å². The van der Waals surface area contributed by atoms with Gasteiger partial charge < -0.3 is 4.74 Å². The smallest absolute Gasteiger partial charge is 0.200 e. The second kappa shape index (κ2) is 5.47. The van der Waals surface area contributed by atoms with Crippen molar-refractivity contribution < 1.29 is 13.5 Å². The minimum atomic E-state index is -0.999. The molecule has 0 bridgehead atoms. The highest BCUT2D eigenvalue weighted by Crippen LogP contribution is 2.25. The largest absolute Gasteiger partial charge is 0.486 e. The third-order valence-electron chi connectivity index (χ3n) is 1.60. The van der Waals surface area contributed by atoms with Crippen LogP contribution in [0.1, 0.15) is 6.92 Å². The lowest BCUT2D eigenvalue weighted by molar-refractivity contribution is 0.324. The minimum Gasteiger partial charge on any atom is -0.486 e. The molecule has 0 saturated heterocycles. The van der Waals surface area contributed by atoms with Gasteiger partial charge in [-0.15, -0.1) is 0 Å². The Hall–Kier alpha value is -0.610. The SMILES string of the molecule is C/C(=C/Cl)COc1cc(Br)cc(F)c1F. The zero-order chi connectivity index (χ0) is 11.4. The molecule has 1 nitrogen and oxygen atoms in total. The second-order valence-electron chi connectivity index (χ2n) is 2.94. The summed E-state index contributed by atoms with van der Waals surface area (Å²) >= 11 is 8.45. The zero-order valence-corrected chi connectivity index (χ0v) is 10.2. The summed E-state index contributed by atoms with van der Waals surface area (Å²) in [7, 11) is 0. The number of rotatable bonds is 3. The van der Waals surface area contributed by atoms with Crippen LogP contribution in [0.5, 0.6) is 5.75 Å². The fraction of sp³-hybridized carbons (Fsp3) is 0.200. The predicted octanol–water partition coefficient (Wildman–Crippen LogP) is 4.25. The molecule has 1 aromatic carbocycles. The van der Waals surface area contributed by atoms with Gasteiger partial charge in [-0.05, 0) is 24.6 Å². The summed E-state index contributed by atoms with van der Waals surface area (Å²) in [5, 5.41) is 0. The maximum absolute atomic E-state index is 13.2. The number of ether oxygens (including phenoxy) is 1. The molecule has 5 heteroatoms. The fourth-order valence-corrected chi connectivity index (χ4v) is 1.33. The van der Waals surface area contributed by atoms with Crippen LogP contribution < -0.4 is 4.74 Å². The fourth-order valence-electron chi connectivity index (χ4n) is 0.860. The Morgan fingerprint density at radius 2 is 2.20 bits per heavy atom. The van der Waals surface area contributed by atoms with Gasteiger partial charge in [-0.1, -0.05) is 27.5 Å². The van der Waals surface area contributed by atoms with Gasteiger partial charge in [-0.2, -0.15) is 4.39 Å². The summed E-state index contributed by atoms with van der Waals surface area (Å²) < 4.78 is 31.6. The van der Waals surface area contributed by atoms with Crippen LogP contribution in [-0.2, 0) is 0 Å². The average molecular weight is 298 g/mol. The lowest BCUT2D eigenvalue weighted by Crippen LogP contribution is -2.01. The van der Waals surface area contributed by atoms with Crippen molar-refractivity contribution in [1.29, 1.82) is 0 Å². The Balaban J connectivity index is 2.85. The van der Waals surface area contributed by atoms with E-state index in [2.05, 4.69) is 15.9 Å². The van der Waals surface area contributed by atoms with Gasteiger partial charge in [0.2, 0.25) is 5.82 Å². The highest BCUT2D eigenvalue weighted by molar-refractivity contribution is 9.10. The van der Waals surface area contributed by atoms with Crippen LogP contribution in [0.4, 0.5) is 8.78 Å². The standard InChI is InChI=1S/C10H8BrClF2O/c1-6(4-12)5-15-9-3-7(11)2-8(13)10(9)14/h2-4H,5H2,1H3/b6-4-. The van der Waals surface area contributed by atoms with Crippen LogP contribution >= 0.6 is 27.5 Å². The molecule has 0 aliphatic rings. The molecule has 0 fully saturated rings. The number of benzene rings is 1. The molecule has 1 rings (SSSR count). The van der Waals surface area contributed by atoms with Crippen molar-refractivity contribution in [3.63, 3.8) is 0 Å². The van der Waals surface area contributed by atoms with Gasteiger partial charge in [-0.3, -0.25) is 0 Å². The van der Waals surface area contributed by atoms with Crippen molar-refractivity contribution >= 4 is 27.5 Å². The van der Waals surface area contributed by atoms with Crippen LogP contribution in [0.3, 0.4) is 0 Å². The highest BCUT2D eigenvalue weighted by Gasteiger charge is 2.11. The van der Waals surface area contributed by atoms with Crippen molar-refractivity contribution in [3.05, 3.63) is 39.3 Å². The molecule has 0 aromatic heterocycles. The van der Waals surface area contributed by atoms with E-state index in [1.165, 1.54) is 11.6 Å². The summed E-state index contributed by atoms with van der Waals surface area (Å²) in [6.45, 7) is 1.84. The Labute approximate surface area is 99.8 Å². The molecule has 0 unspecified atom stereocenters. The van der Waals surface area contributed by atoms with Gasteiger partial charge in [-0.25, -0.2) is 4.39 Å². The molecule has 15 heavy (non-hydrogen) atoms. The van der Waals surface area contributed by atoms with Gasteiger partial charge in [0.05, 0.1) is 0 Å². The van der Waals surface area contributed by atoms with E-state index in [9.17, 15) is 8.78 Å². The van der Waals surface area contributed by atoms with Crippen molar-refractivity contribution in [3.8, 4) is 5.75 Å². The average Bonchev–Trinajstić information content (AvgIpc) is 2.20. The van der Waals surface area contributed by atoms with Crippen LogP contribution in [0.25, 0.3) is 0 Å². The molecule has 0 heterocycles. The highest BCUT2D eigenvalue weighted by atomic mass is 79.9. The van der Waals surface area contributed by atoms with E-state index in [0.29, 0.717) is 4.47 Å². The first-order chi connectivity index (χ1) is 7.04. The molecular formula is C10H8BrClF2O. The van der Waals surface area contributed by atoms with Crippen molar-refractivity contribution in [2.45, 2.75) is 6.92 Å². The van der Waals surface area contributed by atoms with Gasteiger partial charge in [0.1, 0.15) is 6.61 Å². The van der Waals surface area contributed by atoms with E-state index in [1.807, 2.05) is 0 Å². The number of hydrogen-bond acceptors (Lipinski definition) is 1. The first-order valence-corrected chi connectivity index (χ1v) is 5.30. The molecule has 0 aliphatic heterocycles. The maximum Gasteiger partial charge on any atom is 0.200 e. The molecule has 0 saturated carbocycles. The van der Waals surface area contributed by atoms with E-state index in [0.717, 1.165) is 11.6 Å². The molecule has 0 radical (unpaired) electrons. The Morgan fingerprint density at radius 1 is 1.53 bits per heavy atom. The van der Waals surface area contributed by atoms with Gasteiger partial charge in [0.25, 0.3) is 0 Å². The summed E-state index contributed by atoms with van der Waals surface area (Å²) in [6.07, 6.45) is 0. The van der Waals surface area contributed by atoms with Gasteiger partial charge in [0, 0.05) is 10.0 Å². The van der Waals surface area contributed by atoms with Gasteiger partial charge in [0.15, 0.2) is 11.6 Å². The van der Waals surface area contributed by atoms with E-state index >= 15 is 0 Å². The molecule has 0 aliphatic carbocycles. The van der Waals surface area contributed by atoms with Crippen molar-refractivity contribution in [2.24, 2.45) is 0 Å². The van der Waals surface area contributed by atoms with Gasteiger partial charge >= 0.3 is 0 Å². The quantitative estimate of drug-likeness (QED) is 0.758. The maximum atomic E-state index is 13.2. The van der Waals surface area contributed by atoms with E-state index in [-0.39, 0.29) is 12.4 Å². The minimum absolute atomic E-state index is 0.121. The Morgan fingerprint density at radius 3 is 2.80 bits per heavy atom. The Bertz CT molecular complexity index is 393. The van der Waals surface area contributed by atoms with E-state index in [1.54, 1.807) is 6.92 Å². The third kappa shape index (κ3) is 3.47. The summed E-state index contributed by atoms with van der Waals surface area (Å²) in [5.41, 5.74) is 2.04. The van der Waals surface area contributed by atoms with Crippen molar-refractivity contribution in [1.82, 2.24) is 0 Å². The van der Waals surface area contributed by atoms with Crippen LogP contribution in [0.2, 0.25) is 0 Å². The molecule has 0 N–H and O–H groups in total. The molecular weight excluding hydrogens is 289 g/mol. The Kier molecular flexibility index (Phi) is 4.54. The lowest BCUT2D eigenvalue weighted by Gasteiger charge is -2.07. The lowest BCUT2D eigenvalue weighted by atomic mass is 10.3. The topological polar surface area (TPSA) is 9.23 Å². The third-order valence-corrected chi connectivity index (χ3v) is 2.43. The van der Waals surface area contributed by atoms with Crippen LogP contribution in [0.15, 0.2) is 27.7 Å². The van der Waals surface area contributed by atoms with Crippen molar-refractivity contribution in [2.75, 3.05) is 6.61 Å². The monoisotopic (exact) mass is 296 g/mol. The number of hydrogen-bond donors (Lipinski definition) is 0. The molecule has 0 atom stereocenters. The normalized spacial score (nSPS) is 11.7. The summed E-state index contributed by atoms with van der Waals surface area (Å²) in [6, 6.07) is 2.40. The second-order valence-corrected chi connectivity index (χ2v) is 4.08. The first kappa shape index (κ1) is 12.5. The van der Waals surface area contributed by atoms with Crippen LogP contribution in [-0.4, -0.2) is 6.61 Å². The predicted molar refractivity (Wildman–Crippen MR) is 59.2 cm³/mol. The zero-order valence-electron chi connectivity index (χ0n) is 7.86. The van der Waals surface area contributed by atoms with E-state index < -0.39 is 11.6 Å². The molecule has 1 aromatic rings. The molecule has 0 amide bonds. The summed E-state index contributed by atoms with van der Waals surface area (Å²) in [4.78, 5) is 0. The summed E-state index contributed by atoms with van der Waals surface area (Å²) in [5.74, 6) is -2.09. The molecule has 82 valence electrons. The number of halogens is 4. The van der Waals surface area contributed by atoms with Crippen LogP contribution in [0, 0.1) is 11.6 Å². The first-order valence-electron chi connectivity index (χ1n) is 4.07. The molecule has 0 spiro atoms.